The standard InChI is InChI=1S/C19H20N6OS/c1-25-7-3-5-14(10-25)18(26)23-15-6-2-4-13(8-15)11-27-19-16-9-22-24-17(16)20-12-21-19/h2,4-6,8-9,12H,3,7,10-11H2,1H3,(H,23,26)(H,20,21,22,24). The first-order chi connectivity index (χ1) is 13.2. The smallest absolute Gasteiger partial charge is 0.252 e. The number of carbonyl (C=O) groups excluding carboxylic acids is 1. The molecule has 138 valence electrons. The number of carbonyl (C=O) groups is 1. The highest BCUT2D eigenvalue weighted by Crippen LogP contribution is 2.27. The molecule has 27 heavy (non-hydrogen) atoms. The van der Waals surface area contributed by atoms with Crippen molar-refractivity contribution in [2.45, 2.75) is 17.2 Å². The monoisotopic (exact) mass is 380 g/mol. The summed E-state index contributed by atoms with van der Waals surface area (Å²) in [4.78, 5) is 23.1. The number of rotatable bonds is 5. The molecule has 7 nitrogen and oxygen atoms in total. The van der Waals surface area contributed by atoms with Crippen LogP contribution in [-0.4, -0.2) is 51.1 Å². The number of hydrogen-bond donors (Lipinski definition) is 2. The second-order valence-electron chi connectivity index (χ2n) is 6.51. The molecular formula is C19H20N6OS. The molecule has 3 heterocycles. The van der Waals surface area contributed by atoms with Crippen LogP contribution in [0.5, 0.6) is 0 Å². The van der Waals surface area contributed by atoms with Crippen LogP contribution in [-0.2, 0) is 10.5 Å². The summed E-state index contributed by atoms with van der Waals surface area (Å²) >= 11 is 1.62. The lowest BCUT2D eigenvalue weighted by Gasteiger charge is -2.22. The highest BCUT2D eigenvalue weighted by atomic mass is 32.2. The maximum absolute atomic E-state index is 12.5. The van der Waals surface area contributed by atoms with E-state index in [2.05, 4.69) is 30.4 Å². The second kappa shape index (κ2) is 7.89. The van der Waals surface area contributed by atoms with Crippen molar-refractivity contribution in [3.05, 3.63) is 54.0 Å². The topological polar surface area (TPSA) is 86.8 Å². The van der Waals surface area contributed by atoms with Crippen LogP contribution >= 0.6 is 11.8 Å². The second-order valence-corrected chi connectivity index (χ2v) is 7.47. The Morgan fingerprint density at radius 2 is 2.30 bits per heavy atom. The first-order valence-electron chi connectivity index (χ1n) is 8.74. The van der Waals surface area contributed by atoms with Gasteiger partial charge in [0.15, 0.2) is 5.65 Å². The fraction of sp³-hybridized carbons (Fsp3) is 0.263. The predicted octanol–water partition coefficient (Wildman–Crippen LogP) is 2.85. The summed E-state index contributed by atoms with van der Waals surface area (Å²) in [5, 5.41) is 11.7. The van der Waals surface area contributed by atoms with Gasteiger partial charge in [0.05, 0.1) is 11.6 Å². The van der Waals surface area contributed by atoms with Gasteiger partial charge in [0.1, 0.15) is 11.4 Å². The Morgan fingerprint density at radius 1 is 1.37 bits per heavy atom. The van der Waals surface area contributed by atoms with E-state index in [0.29, 0.717) is 6.54 Å². The fourth-order valence-electron chi connectivity index (χ4n) is 3.02. The third-order valence-electron chi connectivity index (χ3n) is 4.41. The molecule has 0 spiro atoms. The summed E-state index contributed by atoms with van der Waals surface area (Å²) < 4.78 is 0. The van der Waals surface area contributed by atoms with E-state index in [4.69, 9.17) is 0 Å². The van der Waals surface area contributed by atoms with Crippen LogP contribution < -0.4 is 5.32 Å². The van der Waals surface area contributed by atoms with E-state index < -0.39 is 0 Å². The lowest BCUT2D eigenvalue weighted by Crippen LogP contribution is -2.30. The number of amides is 1. The number of aromatic amines is 1. The maximum atomic E-state index is 12.5. The van der Waals surface area contributed by atoms with Crippen molar-refractivity contribution >= 4 is 34.4 Å². The Morgan fingerprint density at radius 3 is 3.19 bits per heavy atom. The number of aromatic nitrogens is 4. The minimum atomic E-state index is -0.0257. The Bertz CT molecular complexity index is 999. The van der Waals surface area contributed by atoms with Crippen molar-refractivity contribution in [1.29, 1.82) is 0 Å². The van der Waals surface area contributed by atoms with E-state index in [0.717, 1.165) is 51.6 Å². The van der Waals surface area contributed by atoms with Gasteiger partial charge >= 0.3 is 0 Å². The van der Waals surface area contributed by atoms with Gasteiger partial charge in [-0.1, -0.05) is 18.2 Å². The predicted molar refractivity (Wildman–Crippen MR) is 107 cm³/mol. The summed E-state index contributed by atoms with van der Waals surface area (Å²) in [6.45, 7) is 1.69. The van der Waals surface area contributed by atoms with Gasteiger partial charge in [-0.2, -0.15) is 5.10 Å². The first-order valence-corrected chi connectivity index (χ1v) is 9.72. The SMILES string of the molecule is CN1CCC=C(C(=O)Nc2cccc(CSc3ncnc4[nH]ncc34)c2)C1. The van der Waals surface area contributed by atoms with Crippen LogP contribution in [0.2, 0.25) is 0 Å². The third-order valence-corrected chi connectivity index (χ3v) is 5.48. The molecule has 0 radical (unpaired) electrons. The summed E-state index contributed by atoms with van der Waals surface area (Å²) in [6, 6.07) is 7.92. The van der Waals surface area contributed by atoms with E-state index in [9.17, 15) is 4.79 Å². The van der Waals surface area contributed by atoms with E-state index in [1.807, 2.05) is 37.4 Å². The van der Waals surface area contributed by atoms with E-state index >= 15 is 0 Å². The Kier molecular flexibility index (Phi) is 5.17. The number of fused-ring (bicyclic) bond motifs is 1. The van der Waals surface area contributed by atoms with Crippen LogP contribution in [0, 0.1) is 0 Å². The van der Waals surface area contributed by atoms with Crippen molar-refractivity contribution < 1.29 is 4.79 Å². The van der Waals surface area contributed by atoms with Gasteiger partial charge in [0.25, 0.3) is 5.91 Å². The molecule has 0 aliphatic carbocycles. The average molecular weight is 380 g/mol. The summed E-state index contributed by atoms with van der Waals surface area (Å²) in [6.07, 6.45) is 6.22. The number of likely N-dealkylation sites (N-methyl/N-ethyl adjacent to an activating group) is 1. The van der Waals surface area contributed by atoms with Crippen molar-refractivity contribution in [2.75, 3.05) is 25.5 Å². The molecule has 0 saturated carbocycles. The molecule has 1 amide bonds. The van der Waals surface area contributed by atoms with Gasteiger partial charge in [-0.25, -0.2) is 9.97 Å². The summed E-state index contributed by atoms with van der Waals surface area (Å²) in [5.74, 6) is 0.717. The molecule has 0 atom stereocenters. The number of benzene rings is 1. The third kappa shape index (κ3) is 4.17. The van der Waals surface area contributed by atoms with Crippen molar-refractivity contribution in [3.8, 4) is 0 Å². The summed E-state index contributed by atoms with van der Waals surface area (Å²) in [7, 11) is 2.03. The van der Waals surface area contributed by atoms with Gasteiger partial charge in [-0.05, 0) is 31.2 Å². The Hall–Kier alpha value is -2.71. The zero-order chi connectivity index (χ0) is 18.6. The highest BCUT2D eigenvalue weighted by molar-refractivity contribution is 7.98. The zero-order valence-electron chi connectivity index (χ0n) is 15.0. The molecule has 8 heteroatoms. The first kappa shape index (κ1) is 17.7. The number of H-pyrrole nitrogens is 1. The van der Waals surface area contributed by atoms with Gasteiger partial charge < -0.3 is 10.2 Å². The van der Waals surface area contributed by atoms with Crippen LogP contribution in [0.1, 0.15) is 12.0 Å². The highest BCUT2D eigenvalue weighted by Gasteiger charge is 2.15. The lowest BCUT2D eigenvalue weighted by atomic mass is 10.1. The zero-order valence-corrected chi connectivity index (χ0v) is 15.8. The Labute approximate surface area is 161 Å². The number of nitrogens with one attached hydrogen (secondary N) is 2. The van der Waals surface area contributed by atoms with Crippen LogP contribution in [0.25, 0.3) is 11.0 Å². The molecule has 1 aliphatic heterocycles. The number of nitrogens with zero attached hydrogens (tertiary/aromatic N) is 4. The molecule has 3 aromatic rings. The minimum absolute atomic E-state index is 0.0257. The molecule has 0 saturated heterocycles. The molecule has 2 aromatic heterocycles. The number of anilines is 1. The van der Waals surface area contributed by atoms with E-state index in [1.54, 1.807) is 18.0 Å². The van der Waals surface area contributed by atoms with Gasteiger partial charge in [0.2, 0.25) is 0 Å². The molecule has 2 N–H and O–H groups in total. The van der Waals surface area contributed by atoms with Crippen molar-refractivity contribution in [3.63, 3.8) is 0 Å². The Balaban J connectivity index is 1.42. The van der Waals surface area contributed by atoms with Crippen LogP contribution in [0.15, 0.2) is 53.5 Å². The minimum Gasteiger partial charge on any atom is -0.322 e. The molecular weight excluding hydrogens is 360 g/mol. The lowest BCUT2D eigenvalue weighted by molar-refractivity contribution is -0.113. The maximum Gasteiger partial charge on any atom is 0.252 e. The number of hydrogen-bond acceptors (Lipinski definition) is 6. The molecule has 0 unspecified atom stereocenters. The van der Waals surface area contributed by atoms with Crippen molar-refractivity contribution in [1.82, 2.24) is 25.1 Å². The van der Waals surface area contributed by atoms with E-state index in [1.165, 1.54) is 6.33 Å². The van der Waals surface area contributed by atoms with Gasteiger partial charge in [-0.3, -0.25) is 9.89 Å². The van der Waals surface area contributed by atoms with Crippen LogP contribution in [0.3, 0.4) is 0 Å². The average Bonchev–Trinajstić information content (AvgIpc) is 3.16. The van der Waals surface area contributed by atoms with E-state index in [-0.39, 0.29) is 5.91 Å². The van der Waals surface area contributed by atoms with Crippen molar-refractivity contribution in [2.24, 2.45) is 0 Å². The molecule has 0 fully saturated rings. The van der Waals surface area contributed by atoms with Gasteiger partial charge in [-0.15, -0.1) is 11.8 Å². The fourth-order valence-corrected chi connectivity index (χ4v) is 3.93. The summed E-state index contributed by atoms with van der Waals surface area (Å²) in [5.41, 5.74) is 3.48. The largest absolute Gasteiger partial charge is 0.322 e. The van der Waals surface area contributed by atoms with Crippen LogP contribution in [0.4, 0.5) is 5.69 Å². The van der Waals surface area contributed by atoms with Gasteiger partial charge in [0, 0.05) is 30.1 Å². The quantitative estimate of drug-likeness (QED) is 0.523. The molecule has 1 aromatic carbocycles. The molecule has 4 rings (SSSR count). The number of thioether (sulfide) groups is 1. The normalized spacial score (nSPS) is 14.9. The molecule has 1 aliphatic rings. The molecule has 0 bridgehead atoms.